The Labute approximate surface area is 150 Å². The highest BCUT2D eigenvalue weighted by Crippen LogP contribution is 2.32. The lowest BCUT2D eigenvalue weighted by molar-refractivity contribution is 0.632. The molecular weight excluding hydrogens is 376 g/mol. The monoisotopic (exact) mass is 385 g/mol. The van der Waals surface area contributed by atoms with E-state index in [2.05, 4.69) is 15.5 Å². The number of hydrogen-bond acceptors (Lipinski definition) is 5. The van der Waals surface area contributed by atoms with Crippen molar-refractivity contribution < 1.29 is 4.39 Å². The Kier molecular flexibility index (Phi) is 5.38. The first-order valence-corrected chi connectivity index (χ1v) is 9.09. The molecule has 0 saturated heterocycles. The normalized spacial score (nSPS) is 10.7. The molecular formula is C15H10Cl2FN3S2. The molecule has 0 aliphatic rings. The SMILES string of the molecule is Fc1ccccc1Nc1nnc(SCc2ccc(Cl)cc2Cl)s1. The number of rotatable bonds is 5. The lowest BCUT2D eigenvalue weighted by Gasteiger charge is -2.03. The van der Waals surface area contributed by atoms with Crippen LogP contribution in [0.5, 0.6) is 0 Å². The standard InChI is InChI=1S/C15H10Cl2FN3S2/c16-10-6-5-9(11(17)7-10)8-22-15-21-20-14(23-15)19-13-4-2-1-3-12(13)18/h1-7H,8H2,(H,19,20). The van der Waals surface area contributed by atoms with E-state index in [0.717, 1.165) is 9.90 Å². The minimum Gasteiger partial charge on any atom is -0.328 e. The summed E-state index contributed by atoms with van der Waals surface area (Å²) in [7, 11) is 0. The second-order valence-corrected chi connectivity index (χ2v) is 7.55. The highest BCUT2D eigenvalue weighted by Gasteiger charge is 2.09. The van der Waals surface area contributed by atoms with Crippen molar-refractivity contribution in [1.29, 1.82) is 0 Å². The van der Waals surface area contributed by atoms with Crippen LogP contribution in [0.15, 0.2) is 46.8 Å². The van der Waals surface area contributed by atoms with Gasteiger partial charge in [-0.1, -0.05) is 64.5 Å². The van der Waals surface area contributed by atoms with Crippen molar-refractivity contribution in [3.63, 3.8) is 0 Å². The Bertz CT molecular complexity index is 826. The van der Waals surface area contributed by atoms with E-state index in [4.69, 9.17) is 23.2 Å². The van der Waals surface area contributed by atoms with E-state index < -0.39 is 0 Å². The van der Waals surface area contributed by atoms with E-state index in [-0.39, 0.29) is 5.82 Å². The number of nitrogens with zero attached hydrogens (tertiary/aromatic N) is 2. The Morgan fingerprint density at radius 1 is 1.13 bits per heavy atom. The molecule has 0 aliphatic carbocycles. The third-order valence-corrected chi connectivity index (χ3v) is 5.50. The lowest BCUT2D eigenvalue weighted by atomic mass is 10.2. The van der Waals surface area contributed by atoms with E-state index in [1.54, 1.807) is 30.3 Å². The molecule has 0 saturated carbocycles. The molecule has 0 bridgehead atoms. The molecule has 0 aliphatic heterocycles. The number of nitrogens with one attached hydrogen (secondary N) is 1. The van der Waals surface area contributed by atoms with Crippen LogP contribution in [-0.2, 0) is 5.75 Å². The van der Waals surface area contributed by atoms with Crippen molar-refractivity contribution in [3.05, 3.63) is 63.9 Å². The van der Waals surface area contributed by atoms with Gasteiger partial charge in [0.05, 0.1) is 5.69 Å². The van der Waals surface area contributed by atoms with E-state index in [1.165, 1.54) is 29.2 Å². The van der Waals surface area contributed by atoms with Gasteiger partial charge in [0.2, 0.25) is 5.13 Å². The van der Waals surface area contributed by atoms with Crippen molar-refractivity contribution in [1.82, 2.24) is 10.2 Å². The fourth-order valence-corrected chi connectivity index (χ4v) is 4.10. The Morgan fingerprint density at radius 3 is 2.74 bits per heavy atom. The van der Waals surface area contributed by atoms with Crippen LogP contribution in [-0.4, -0.2) is 10.2 Å². The highest BCUT2D eigenvalue weighted by atomic mass is 35.5. The first kappa shape index (κ1) is 16.5. The van der Waals surface area contributed by atoms with Gasteiger partial charge in [-0.15, -0.1) is 10.2 Å². The number of thioether (sulfide) groups is 1. The summed E-state index contributed by atoms with van der Waals surface area (Å²) in [6.07, 6.45) is 0. The number of aromatic nitrogens is 2. The van der Waals surface area contributed by atoms with Crippen LogP contribution in [0.3, 0.4) is 0 Å². The fraction of sp³-hybridized carbons (Fsp3) is 0.0667. The van der Waals surface area contributed by atoms with Gasteiger partial charge in [0.25, 0.3) is 0 Å². The molecule has 1 N–H and O–H groups in total. The summed E-state index contributed by atoms with van der Waals surface area (Å²) in [6.45, 7) is 0. The average molecular weight is 386 g/mol. The first-order valence-electron chi connectivity index (χ1n) is 6.53. The minimum absolute atomic E-state index is 0.329. The largest absolute Gasteiger partial charge is 0.328 e. The molecule has 0 spiro atoms. The number of hydrogen-bond donors (Lipinski definition) is 1. The van der Waals surface area contributed by atoms with Gasteiger partial charge >= 0.3 is 0 Å². The van der Waals surface area contributed by atoms with Gasteiger partial charge in [-0.05, 0) is 29.8 Å². The molecule has 0 radical (unpaired) electrons. The van der Waals surface area contributed by atoms with Gasteiger partial charge in [0.1, 0.15) is 5.82 Å². The molecule has 0 atom stereocenters. The second kappa shape index (κ2) is 7.49. The quantitative estimate of drug-likeness (QED) is 0.544. The molecule has 1 heterocycles. The molecule has 1 aromatic heterocycles. The molecule has 3 nitrogen and oxygen atoms in total. The highest BCUT2D eigenvalue weighted by molar-refractivity contribution is 8.00. The second-order valence-electron chi connectivity index (χ2n) is 4.50. The van der Waals surface area contributed by atoms with E-state index in [9.17, 15) is 4.39 Å². The lowest BCUT2D eigenvalue weighted by Crippen LogP contribution is -1.92. The van der Waals surface area contributed by atoms with Crippen molar-refractivity contribution in [3.8, 4) is 0 Å². The van der Waals surface area contributed by atoms with Crippen LogP contribution in [0, 0.1) is 5.82 Å². The van der Waals surface area contributed by atoms with Gasteiger partial charge in [0.15, 0.2) is 4.34 Å². The summed E-state index contributed by atoms with van der Waals surface area (Å²) in [5.41, 5.74) is 1.35. The summed E-state index contributed by atoms with van der Waals surface area (Å²) in [5, 5.41) is 12.8. The molecule has 3 rings (SSSR count). The molecule has 0 fully saturated rings. The molecule has 3 aromatic rings. The van der Waals surface area contributed by atoms with Crippen LogP contribution in [0.25, 0.3) is 0 Å². The minimum atomic E-state index is -0.329. The molecule has 8 heteroatoms. The van der Waals surface area contributed by atoms with Crippen molar-refractivity contribution in [2.75, 3.05) is 5.32 Å². The van der Waals surface area contributed by atoms with Crippen LogP contribution in [0.4, 0.5) is 15.2 Å². The Hall–Kier alpha value is -1.34. The maximum atomic E-state index is 13.6. The Morgan fingerprint density at radius 2 is 1.96 bits per heavy atom. The third-order valence-electron chi connectivity index (χ3n) is 2.89. The maximum Gasteiger partial charge on any atom is 0.210 e. The maximum absolute atomic E-state index is 13.6. The van der Waals surface area contributed by atoms with Crippen molar-refractivity contribution in [2.45, 2.75) is 10.1 Å². The summed E-state index contributed by atoms with van der Waals surface area (Å²) >= 11 is 14.9. The average Bonchev–Trinajstić information content (AvgIpc) is 2.96. The van der Waals surface area contributed by atoms with E-state index in [0.29, 0.717) is 26.6 Å². The number of halogens is 3. The van der Waals surface area contributed by atoms with Gasteiger partial charge in [-0.3, -0.25) is 0 Å². The summed E-state index contributed by atoms with van der Waals surface area (Å²) in [4.78, 5) is 0. The van der Waals surface area contributed by atoms with Crippen molar-refractivity contribution >= 4 is 57.1 Å². The van der Waals surface area contributed by atoms with Crippen LogP contribution in [0.2, 0.25) is 10.0 Å². The molecule has 0 unspecified atom stereocenters. The van der Waals surface area contributed by atoms with E-state index >= 15 is 0 Å². The molecule has 0 amide bonds. The van der Waals surface area contributed by atoms with Gasteiger partial charge in [-0.2, -0.15) is 0 Å². The van der Waals surface area contributed by atoms with Gasteiger partial charge < -0.3 is 5.32 Å². The van der Waals surface area contributed by atoms with E-state index in [1.807, 2.05) is 6.07 Å². The Balaban J connectivity index is 1.64. The number of benzene rings is 2. The van der Waals surface area contributed by atoms with Crippen LogP contribution < -0.4 is 5.32 Å². The van der Waals surface area contributed by atoms with Crippen LogP contribution in [0.1, 0.15) is 5.56 Å². The van der Waals surface area contributed by atoms with Crippen LogP contribution >= 0.6 is 46.3 Å². The zero-order chi connectivity index (χ0) is 16.2. The topological polar surface area (TPSA) is 37.8 Å². The number of para-hydroxylation sites is 1. The molecule has 2 aromatic carbocycles. The predicted octanol–water partition coefficient (Wildman–Crippen LogP) is 6.02. The smallest absolute Gasteiger partial charge is 0.210 e. The number of anilines is 2. The predicted molar refractivity (Wildman–Crippen MR) is 95.6 cm³/mol. The first-order chi connectivity index (χ1) is 11.1. The zero-order valence-corrected chi connectivity index (χ0v) is 14.7. The summed E-state index contributed by atoms with van der Waals surface area (Å²) in [5.74, 6) is 0.328. The zero-order valence-electron chi connectivity index (χ0n) is 11.6. The van der Waals surface area contributed by atoms with Crippen molar-refractivity contribution in [2.24, 2.45) is 0 Å². The van der Waals surface area contributed by atoms with Gasteiger partial charge in [-0.25, -0.2) is 4.39 Å². The fourth-order valence-electron chi connectivity index (χ4n) is 1.77. The molecule has 23 heavy (non-hydrogen) atoms. The third kappa shape index (κ3) is 4.35. The van der Waals surface area contributed by atoms with Gasteiger partial charge in [0, 0.05) is 15.8 Å². The summed E-state index contributed by atoms with van der Waals surface area (Å²) in [6, 6.07) is 11.8. The summed E-state index contributed by atoms with van der Waals surface area (Å²) < 4.78 is 14.4. The molecule has 118 valence electrons.